The number of carbonyl (C=O) groups excluding carboxylic acids is 1. The Hall–Kier alpha value is -1.03. The van der Waals surface area contributed by atoms with Crippen LogP contribution >= 0.6 is 11.6 Å². The molecule has 102 valence electrons. The summed E-state index contributed by atoms with van der Waals surface area (Å²) in [5, 5.41) is 7.25. The van der Waals surface area contributed by atoms with Crippen molar-refractivity contribution in [2.75, 3.05) is 5.88 Å². The van der Waals surface area contributed by atoms with Gasteiger partial charge < -0.3 is 5.32 Å². The number of carbonyl (C=O) groups is 1. The predicted octanol–water partition coefficient (Wildman–Crippen LogP) is 2.37. The van der Waals surface area contributed by atoms with Gasteiger partial charge in [-0.3, -0.25) is 9.48 Å². The molecule has 0 aliphatic carbocycles. The van der Waals surface area contributed by atoms with Gasteiger partial charge in [0.25, 0.3) is 5.91 Å². The molecule has 0 spiro atoms. The number of halogens is 1. The Kier molecular flexibility index (Phi) is 5.66. The molecule has 18 heavy (non-hydrogen) atoms. The first kappa shape index (κ1) is 15.0. The molecule has 1 rings (SSSR count). The number of aryl methyl sites for hydroxylation is 2. The first-order chi connectivity index (χ1) is 8.47. The number of amides is 1. The van der Waals surface area contributed by atoms with E-state index in [-0.39, 0.29) is 11.9 Å². The van der Waals surface area contributed by atoms with Gasteiger partial charge in [0.05, 0.1) is 11.3 Å². The highest BCUT2D eigenvalue weighted by molar-refractivity contribution is 6.18. The zero-order valence-electron chi connectivity index (χ0n) is 11.5. The van der Waals surface area contributed by atoms with Crippen LogP contribution in [0.3, 0.4) is 0 Å². The van der Waals surface area contributed by atoms with Gasteiger partial charge in [0.1, 0.15) is 0 Å². The van der Waals surface area contributed by atoms with Crippen molar-refractivity contribution >= 4 is 17.5 Å². The molecule has 1 atom stereocenters. The van der Waals surface area contributed by atoms with Gasteiger partial charge in [0.2, 0.25) is 0 Å². The van der Waals surface area contributed by atoms with Gasteiger partial charge in [-0.05, 0) is 18.8 Å². The Labute approximate surface area is 114 Å². The first-order valence-electron chi connectivity index (χ1n) is 6.37. The highest BCUT2D eigenvalue weighted by Crippen LogP contribution is 2.10. The van der Waals surface area contributed by atoms with Crippen LogP contribution in [-0.4, -0.2) is 27.6 Å². The Morgan fingerprint density at radius 1 is 1.56 bits per heavy atom. The van der Waals surface area contributed by atoms with Crippen LogP contribution in [0.1, 0.15) is 43.2 Å². The molecule has 4 nitrogen and oxygen atoms in total. The number of rotatable bonds is 6. The Balaban J connectivity index is 2.74. The van der Waals surface area contributed by atoms with Crippen LogP contribution < -0.4 is 5.32 Å². The topological polar surface area (TPSA) is 46.9 Å². The maximum Gasteiger partial charge on any atom is 0.255 e. The van der Waals surface area contributed by atoms with Gasteiger partial charge in [0.15, 0.2) is 0 Å². The van der Waals surface area contributed by atoms with Gasteiger partial charge in [-0.2, -0.15) is 5.10 Å². The van der Waals surface area contributed by atoms with E-state index in [1.54, 1.807) is 10.9 Å². The van der Waals surface area contributed by atoms with Crippen molar-refractivity contribution in [2.45, 2.75) is 39.7 Å². The monoisotopic (exact) mass is 271 g/mol. The highest BCUT2D eigenvalue weighted by atomic mass is 35.5. The number of aromatic nitrogens is 2. The summed E-state index contributed by atoms with van der Waals surface area (Å²) in [6.45, 7) is 6.23. The van der Waals surface area contributed by atoms with Crippen molar-refractivity contribution in [3.05, 3.63) is 17.5 Å². The third kappa shape index (κ3) is 4.02. The summed E-state index contributed by atoms with van der Waals surface area (Å²) in [5.41, 5.74) is 1.48. The van der Waals surface area contributed by atoms with Crippen molar-refractivity contribution in [3.63, 3.8) is 0 Å². The average molecular weight is 272 g/mol. The average Bonchev–Trinajstić information content (AvgIpc) is 2.69. The van der Waals surface area contributed by atoms with Gasteiger partial charge in [-0.1, -0.05) is 20.8 Å². The van der Waals surface area contributed by atoms with Crippen molar-refractivity contribution in [2.24, 2.45) is 13.0 Å². The quantitative estimate of drug-likeness (QED) is 0.808. The van der Waals surface area contributed by atoms with Crippen molar-refractivity contribution in [1.29, 1.82) is 0 Å². The summed E-state index contributed by atoms with van der Waals surface area (Å²) in [5.74, 6) is 0.867. The Bertz CT molecular complexity index is 401. The summed E-state index contributed by atoms with van der Waals surface area (Å²) in [4.78, 5) is 12.2. The summed E-state index contributed by atoms with van der Waals surface area (Å²) in [7, 11) is 1.82. The molecule has 0 aromatic carbocycles. The molecule has 1 aromatic rings. The largest absolute Gasteiger partial charge is 0.348 e. The lowest BCUT2D eigenvalue weighted by atomic mass is 10.0. The standard InChI is InChI=1S/C13H22ClN3O/c1-5-12-11(8-17(4)16-12)13(18)15-10(7-14)6-9(2)3/h8-10H,5-7H2,1-4H3,(H,15,18). The van der Waals surface area contributed by atoms with E-state index in [2.05, 4.69) is 24.3 Å². The van der Waals surface area contributed by atoms with Gasteiger partial charge in [-0.15, -0.1) is 11.6 Å². The molecular weight excluding hydrogens is 250 g/mol. The predicted molar refractivity (Wildman–Crippen MR) is 74.0 cm³/mol. The molecule has 0 saturated heterocycles. The fraction of sp³-hybridized carbons (Fsp3) is 0.692. The van der Waals surface area contributed by atoms with E-state index in [1.807, 2.05) is 14.0 Å². The highest BCUT2D eigenvalue weighted by Gasteiger charge is 2.18. The van der Waals surface area contributed by atoms with Crippen LogP contribution in [0.2, 0.25) is 0 Å². The number of nitrogens with zero attached hydrogens (tertiary/aromatic N) is 2. The number of alkyl halides is 1. The van der Waals surface area contributed by atoms with E-state index in [9.17, 15) is 4.79 Å². The van der Waals surface area contributed by atoms with Gasteiger partial charge >= 0.3 is 0 Å². The Morgan fingerprint density at radius 3 is 2.72 bits per heavy atom. The molecule has 0 bridgehead atoms. The minimum atomic E-state index is -0.0775. The second kappa shape index (κ2) is 6.78. The summed E-state index contributed by atoms with van der Waals surface area (Å²) < 4.78 is 1.67. The van der Waals surface area contributed by atoms with E-state index in [0.717, 1.165) is 18.5 Å². The number of hydrogen-bond acceptors (Lipinski definition) is 2. The number of nitrogens with one attached hydrogen (secondary N) is 1. The van der Waals surface area contributed by atoms with Gasteiger partial charge in [-0.25, -0.2) is 0 Å². The van der Waals surface area contributed by atoms with Gasteiger partial charge in [0, 0.05) is 25.2 Å². The summed E-state index contributed by atoms with van der Waals surface area (Å²) >= 11 is 5.89. The van der Waals surface area contributed by atoms with Crippen LogP contribution in [0, 0.1) is 5.92 Å². The summed E-state index contributed by atoms with van der Waals surface area (Å²) in [6.07, 6.45) is 3.39. The molecule has 0 saturated carbocycles. The Morgan fingerprint density at radius 2 is 2.22 bits per heavy atom. The fourth-order valence-electron chi connectivity index (χ4n) is 1.98. The molecule has 0 aliphatic rings. The van der Waals surface area contributed by atoms with Crippen LogP contribution in [0.25, 0.3) is 0 Å². The molecule has 0 fully saturated rings. The van der Waals surface area contributed by atoms with Crippen molar-refractivity contribution in [3.8, 4) is 0 Å². The van der Waals surface area contributed by atoms with E-state index >= 15 is 0 Å². The minimum absolute atomic E-state index is 0.0177. The molecule has 1 N–H and O–H groups in total. The van der Waals surface area contributed by atoms with Crippen LogP contribution in [0.15, 0.2) is 6.20 Å². The molecular formula is C13H22ClN3O. The fourth-order valence-corrected chi connectivity index (χ4v) is 2.18. The van der Waals surface area contributed by atoms with Crippen molar-refractivity contribution < 1.29 is 4.79 Å². The zero-order chi connectivity index (χ0) is 13.7. The summed E-state index contributed by atoms with van der Waals surface area (Å²) in [6, 6.07) is 0.0177. The molecule has 1 heterocycles. The first-order valence-corrected chi connectivity index (χ1v) is 6.90. The lowest BCUT2D eigenvalue weighted by Crippen LogP contribution is -2.37. The molecule has 1 amide bonds. The van der Waals surface area contributed by atoms with E-state index in [0.29, 0.717) is 17.4 Å². The lowest BCUT2D eigenvalue weighted by molar-refractivity contribution is 0.0935. The van der Waals surface area contributed by atoms with Crippen LogP contribution in [0.5, 0.6) is 0 Å². The molecule has 1 unspecified atom stereocenters. The van der Waals surface area contributed by atoms with E-state index in [1.165, 1.54) is 0 Å². The lowest BCUT2D eigenvalue weighted by Gasteiger charge is -2.17. The maximum absolute atomic E-state index is 12.2. The molecule has 1 aromatic heterocycles. The smallest absolute Gasteiger partial charge is 0.255 e. The molecule has 0 radical (unpaired) electrons. The SMILES string of the molecule is CCc1nn(C)cc1C(=O)NC(CCl)CC(C)C. The van der Waals surface area contributed by atoms with E-state index < -0.39 is 0 Å². The second-order valence-corrected chi connectivity index (χ2v) is 5.28. The minimum Gasteiger partial charge on any atom is -0.348 e. The third-order valence-electron chi connectivity index (χ3n) is 2.76. The number of hydrogen-bond donors (Lipinski definition) is 1. The normalized spacial score (nSPS) is 12.8. The van der Waals surface area contributed by atoms with E-state index in [4.69, 9.17) is 11.6 Å². The second-order valence-electron chi connectivity index (χ2n) is 4.97. The van der Waals surface area contributed by atoms with Crippen molar-refractivity contribution in [1.82, 2.24) is 15.1 Å². The van der Waals surface area contributed by atoms with Crippen LogP contribution in [-0.2, 0) is 13.5 Å². The zero-order valence-corrected chi connectivity index (χ0v) is 12.3. The molecule has 5 heteroatoms. The third-order valence-corrected chi connectivity index (χ3v) is 3.13. The molecule has 0 aliphatic heterocycles. The van der Waals surface area contributed by atoms with Crippen LogP contribution in [0.4, 0.5) is 0 Å². The maximum atomic E-state index is 12.2.